The summed E-state index contributed by atoms with van der Waals surface area (Å²) in [7, 11) is 1.62. The molecule has 0 radical (unpaired) electrons. The van der Waals surface area contributed by atoms with Crippen molar-refractivity contribution >= 4 is 17.5 Å². The van der Waals surface area contributed by atoms with Gasteiger partial charge in [-0.15, -0.1) is 0 Å². The van der Waals surface area contributed by atoms with Crippen molar-refractivity contribution in [2.75, 3.05) is 49.6 Å². The van der Waals surface area contributed by atoms with Crippen LogP contribution in [0.3, 0.4) is 0 Å². The minimum atomic E-state index is -0.0103. The number of rotatable bonds is 4. The maximum atomic E-state index is 13.0. The second kappa shape index (κ2) is 8.41. The highest BCUT2D eigenvalue weighted by Crippen LogP contribution is 2.22. The lowest BCUT2D eigenvalue weighted by atomic mass is 10.2. The molecule has 7 nitrogen and oxygen atoms in total. The van der Waals surface area contributed by atoms with E-state index in [0.29, 0.717) is 44.1 Å². The minimum absolute atomic E-state index is 0.0103. The fraction of sp³-hybridized carbons (Fsp3) is 0.350. The number of carbonyl (C=O) groups excluding carboxylic acids is 1. The zero-order valence-corrected chi connectivity index (χ0v) is 15.6. The first-order chi connectivity index (χ1) is 13.2. The molecule has 2 amide bonds. The highest BCUT2D eigenvalue weighted by molar-refractivity contribution is 5.92. The van der Waals surface area contributed by atoms with Crippen LogP contribution in [0.4, 0.5) is 16.3 Å². The standard InChI is InChI=1S/C20H23N5O2/c1-3-25(17-6-8-18(27-2)9-7-17)20(26)24-13-11-23(12-14-24)19-16(15-21)5-4-10-22-19/h4-10H,3,11-14H2,1-2H3. The summed E-state index contributed by atoms with van der Waals surface area (Å²) < 4.78 is 5.18. The number of piperazine rings is 1. The van der Waals surface area contributed by atoms with Crippen LogP contribution in [0.25, 0.3) is 0 Å². The number of aromatic nitrogens is 1. The molecule has 3 rings (SSSR count). The lowest BCUT2D eigenvalue weighted by Crippen LogP contribution is -2.53. The number of ether oxygens (including phenoxy) is 1. The van der Waals surface area contributed by atoms with Gasteiger partial charge in [0.2, 0.25) is 0 Å². The zero-order chi connectivity index (χ0) is 19.2. The quantitative estimate of drug-likeness (QED) is 0.833. The Balaban J connectivity index is 1.67. The van der Waals surface area contributed by atoms with Gasteiger partial charge in [0.1, 0.15) is 17.6 Å². The van der Waals surface area contributed by atoms with Gasteiger partial charge in [0.25, 0.3) is 0 Å². The third kappa shape index (κ3) is 3.95. The number of anilines is 2. The molecule has 27 heavy (non-hydrogen) atoms. The van der Waals surface area contributed by atoms with Crippen LogP contribution < -0.4 is 14.5 Å². The van der Waals surface area contributed by atoms with E-state index in [0.717, 1.165) is 11.4 Å². The molecule has 1 aliphatic heterocycles. The number of methoxy groups -OCH3 is 1. The summed E-state index contributed by atoms with van der Waals surface area (Å²) in [4.78, 5) is 23.0. The van der Waals surface area contributed by atoms with E-state index in [-0.39, 0.29) is 6.03 Å². The molecular formula is C20H23N5O2. The predicted octanol–water partition coefficient (Wildman–Crippen LogP) is 2.73. The molecule has 7 heteroatoms. The molecule has 1 saturated heterocycles. The Hall–Kier alpha value is -3.27. The molecular weight excluding hydrogens is 342 g/mol. The highest BCUT2D eigenvalue weighted by Gasteiger charge is 2.26. The molecule has 140 valence electrons. The van der Waals surface area contributed by atoms with Gasteiger partial charge >= 0.3 is 6.03 Å². The molecule has 0 aliphatic carbocycles. The summed E-state index contributed by atoms with van der Waals surface area (Å²) in [5.74, 6) is 1.45. The molecule has 1 fully saturated rings. The first-order valence-corrected chi connectivity index (χ1v) is 8.98. The van der Waals surface area contributed by atoms with Crippen molar-refractivity contribution in [1.82, 2.24) is 9.88 Å². The molecule has 0 N–H and O–H groups in total. The van der Waals surface area contributed by atoms with Gasteiger partial charge in [0.05, 0.1) is 12.7 Å². The van der Waals surface area contributed by atoms with Gasteiger partial charge in [-0.05, 0) is 43.3 Å². The number of hydrogen-bond acceptors (Lipinski definition) is 5. The van der Waals surface area contributed by atoms with Crippen molar-refractivity contribution in [1.29, 1.82) is 5.26 Å². The van der Waals surface area contributed by atoms with Gasteiger partial charge in [-0.1, -0.05) is 0 Å². The van der Waals surface area contributed by atoms with Crippen molar-refractivity contribution in [3.63, 3.8) is 0 Å². The molecule has 1 aliphatic rings. The largest absolute Gasteiger partial charge is 0.497 e. The van der Waals surface area contributed by atoms with Gasteiger partial charge in [0, 0.05) is 44.6 Å². The second-order valence-corrected chi connectivity index (χ2v) is 6.19. The number of amides is 2. The Morgan fingerprint density at radius 1 is 1.22 bits per heavy atom. The monoisotopic (exact) mass is 365 g/mol. The average Bonchev–Trinajstić information content (AvgIpc) is 2.74. The average molecular weight is 365 g/mol. The fourth-order valence-corrected chi connectivity index (χ4v) is 3.21. The van der Waals surface area contributed by atoms with Crippen LogP contribution in [-0.4, -0.2) is 55.7 Å². The van der Waals surface area contributed by atoms with Gasteiger partial charge in [0.15, 0.2) is 0 Å². The molecule has 0 atom stereocenters. The third-order valence-electron chi connectivity index (χ3n) is 4.69. The number of pyridine rings is 1. The fourth-order valence-electron chi connectivity index (χ4n) is 3.21. The van der Waals surface area contributed by atoms with E-state index >= 15 is 0 Å². The predicted molar refractivity (Wildman–Crippen MR) is 104 cm³/mol. The lowest BCUT2D eigenvalue weighted by Gasteiger charge is -2.38. The molecule has 2 heterocycles. The molecule has 0 saturated carbocycles. The van der Waals surface area contributed by atoms with Gasteiger partial charge < -0.3 is 14.5 Å². The Labute approximate surface area is 159 Å². The van der Waals surface area contributed by atoms with Crippen LogP contribution in [0.15, 0.2) is 42.6 Å². The smallest absolute Gasteiger partial charge is 0.324 e. The normalized spacial score (nSPS) is 13.8. The summed E-state index contributed by atoms with van der Waals surface area (Å²) in [5, 5.41) is 9.26. The Morgan fingerprint density at radius 2 is 1.93 bits per heavy atom. The summed E-state index contributed by atoms with van der Waals surface area (Å²) in [6.45, 7) is 5.03. The minimum Gasteiger partial charge on any atom is -0.497 e. The number of nitriles is 1. The molecule has 1 aromatic carbocycles. The summed E-state index contributed by atoms with van der Waals surface area (Å²) >= 11 is 0. The van der Waals surface area contributed by atoms with Crippen molar-refractivity contribution < 1.29 is 9.53 Å². The van der Waals surface area contributed by atoms with Crippen molar-refractivity contribution in [3.8, 4) is 11.8 Å². The Kier molecular flexibility index (Phi) is 5.77. The van der Waals surface area contributed by atoms with E-state index in [1.807, 2.05) is 36.1 Å². The van der Waals surface area contributed by atoms with Gasteiger partial charge in [-0.25, -0.2) is 9.78 Å². The van der Waals surface area contributed by atoms with Crippen molar-refractivity contribution in [3.05, 3.63) is 48.2 Å². The number of nitrogens with zero attached hydrogens (tertiary/aromatic N) is 5. The number of carbonyl (C=O) groups is 1. The second-order valence-electron chi connectivity index (χ2n) is 6.19. The topological polar surface area (TPSA) is 72.7 Å². The van der Waals surface area contributed by atoms with E-state index in [2.05, 4.69) is 16.0 Å². The van der Waals surface area contributed by atoms with E-state index in [9.17, 15) is 10.1 Å². The van der Waals surface area contributed by atoms with E-state index in [4.69, 9.17) is 4.74 Å². The van der Waals surface area contributed by atoms with Crippen LogP contribution in [0.1, 0.15) is 12.5 Å². The molecule has 1 aromatic heterocycles. The Bertz CT molecular complexity index is 823. The lowest BCUT2D eigenvalue weighted by molar-refractivity contribution is 0.201. The Morgan fingerprint density at radius 3 is 2.52 bits per heavy atom. The SMILES string of the molecule is CCN(C(=O)N1CCN(c2ncccc2C#N)CC1)c1ccc(OC)cc1. The van der Waals surface area contributed by atoms with Crippen molar-refractivity contribution in [2.24, 2.45) is 0 Å². The first kappa shape index (κ1) is 18.5. The maximum absolute atomic E-state index is 13.0. The molecule has 0 bridgehead atoms. The summed E-state index contributed by atoms with van der Waals surface area (Å²) in [5.41, 5.74) is 1.41. The summed E-state index contributed by atoms with van der Waals surface area (Å²) in [6, 6.07) is 13.2. The molecule has 0 unspecified atom stereocenters. The summed E-state index contributed by atoms with van der Waals surface area (Å²) in [6.07, 6.45) is 1.69. The van der Waals surface area contributed by atoms with Crippen molar-refractivity contribution in [2.45, 2.75) is 6.92 Å². The first-order valence-electron chi connectivity index (χ1n) is 8.98. The number of benzene rings is 1. The number of urea groups is 1. The van der Waals surface area contributed by atoms with E-state index < -0.39 is 0 Å². The van der Waals surface area contributed by atoms with Crippen LogP contribution in [-0.2, 0) is 0 Å². The van der Waals surface area contributed by atoms with Gasteiger partial charge in [-0.3, -0.25) is 4.90 Å². The van der Waals surface area contributed by atoms with Crippen LogP contribution in [0.5, 0.6) is 5.75 Å². The van der Waals surface area contributed by atoms with Crippen LogP contribution >= 0.6 is 0 Å². The highest BCUT2D eigenvalue weighted by atomic mass is 16.5. The number of hydrogen-bond donors (Lipinski definition) is 0. The molecule has 0 spiro atoms. The molecule has 2 aromatic rings. The van der Waals surface area contributed by atoms with E-state index in [1.165, 1.54) is 0 Å². The maximum Gasteiger partial charge on any atom is 0.324 e. The van der Waals surface area contributed by atoms with Gasteiger partial charge in [-0.2, -0.15) is 5.26 Å². The third-order valence-corrected chi connectivity index (χ3v) is 4.69. The zero-order valence-electron chi connectivity index (χ0n) is 15.6. The van der Waals surface area contributed by atoms with E-state index in [1.54, 1.807) is 30.3 Å². The van der Waals surface area contributed by atoms with Crippen LogP contribution in [0.2, 0.25) is 0 Å². The van der Waals surface area contributed by atoms with Crippen LogP contribution in [0, 0.1) is 11.3 Å².